The molecule has 0 aliphatic carbocycles. The average molecular weight is 313 g/mol. The van der Waals surface area contributed by atoms with Crippen molar-refractivity contribution in [2.45, 2.75) is 0 Å². The summed E-state index contributed by atoms with van der Waals surface area (Å²) in [5.41, 5.74) is 0.594. The van der Waals surface area contributed by atoms with Crippen LogP contribution in [0.1, 0.15) is 10.4 Å². The van der Waals surface area contributed by atoms with E-state index in [1.165, 1.54) is 0 Å². The SMILES string of the molecule is COc1cc(OC)cc(C(=O)N2CCN(CCCl)CC2)c1. The number of carbonyl (C=O) groups excluding carboxylic acids is 1. The number of carbonyl (C=O) groups is 1. The molecule has 0 bridgehead atoms. The highest BCUT2D eigenvalue weighted by Gasteiger charge is 2.22. The van der Waals surface area contributed by atoms with Crippen LogP contribution in [0.3, 0.4) is 0 Å². The van der Waals surface area contributed by atoms with Gasteiger partial charge < -0.3 is 14.4 Å². The van der Waals surface area contributed by atoms with Gasteiger partial charge in [0.2, 0.25) is 0 Å². The lowest BCUT2D eigenvalue weighted by Gasteiger charge is -2.34. The molecule has 0 spiro atoms. The molecule has 6 heteroatoms. The van der Waals surface area contributed by atoms with Crippen molar-refractivity contribution in [1.29, 1.82) is 0 Å². The van der Waals surface area contributed by atoms with E-state index in [9.17, 15) is 4.79 Å². The third-order valence-corrected chi connectivity index (χ3v) is 3.83. The predicted molar refractivity (Wildman–Crippen MR) is 82.6 cm³/mol. The summed E-state index contributed by atoms with van der Waals surface area (Å²) in [6.07, 6.45) is 0. The Hall–Kier alpha value is -1.46. The zero-order valence-corrected chi connectivity index (χ0v) is 13.2. The van der Waals surface area contributed by atoms with E-state index in [2.05, 4.69) is 4.90 Å². The van der Waals surface area contributed by atoms with Gasteiger partial charge in [-0.1, -0.05) is 0 Å². The predicted octanol–water partition coefficient (Wildman–Crippen LogP) is 1.70. The fraction of sp³-hybridized carbons (Fsp3) is 0.533. The molecule has 1 heterocycles. The summed E-state index contributed by atoms with van der Waals surface area (Å²) in [6.45, 7) is 4.03. The molecule has 0 aromatic heterocycles. The molecule has 1 amide bonds. The van der Waals surface area contributed by atoms with Crippen molar-refractivity contribution >= 4 is 17.5 Å². The maximum Gasteiger partial charge on any atom is 0.254 e. The first kappa shape index (κ1) is 15.9. The van der Waals surface area contributed by atoms with E-state index in [0.717, 1.165) is 32.7 Å². The number of nitrogens with zero attached hydrogens (tertiary/aromatic N) is 2. The molecule has 0 unspecified atom stereocenters. The van der Waals surface area contributed by atoms with Gasteiger partial charge in [0, 0.05) is 50.2 Å². The number of amides is 1. The molecule has 1 aromatic carbocycles. The second-order valence-corrected chi connectivity index (χ2v) is 5.30. The molecule has 0 atom stereocenters. The van der Waals surface area contributed by atoms with E-state index in [4.69, 9.17) is 21.1 Å². The number of alkyl halides is 1. The van der Waals surface area contributed by atoms with Crippen LogP contribution in [0.15, 0.2) is 18.2 Å². The molecular weight excluding hydrogens is 292 g/mol. The minimum Gasteiger partial charge on any atom is -0.497 e. The maximum atomic E-state index is 12.6. The number of rotatable bonds is 5. The Morgan fingerprint density at radius 2 is 1.67 bits per heavy atom. The zero-order chi connectivity index (χ0) is 15.2. The minimum atomic E-state index is 0.0118. The molecule has 1 saturated heterocycles. The summed E-state index contributed by atoms with van der Waals surface area (Å²) in [6, 6.07) is 5.25. The van der Waals surface area contributed by atoms with Crippen LogP contribution in [0.5, 0.6) is 11.5 Å². The van der Waals surface area contributed by atoms with Gasteiger partial charge in [0.25, 0.3) is 5.91 Å². The van der Waals surface area contributed by atoms with Crippen LogP contribution in [0.25, 0.3) is 0 Å². The maximum absolute atomic E-state index is 12.6. The number of halogens is 1. The first-order valence-electron chi connectivity index (χ1n) is 6.98. The van der Waals surface area contributed by atoms with Crippen molar-refractivity contribution < 1.29 is 14.3 Å². The molecule has 5 nitrogen and oxygen atoms in total. The Morgan fingerprint density at radius 1 is 1.10 bits per heavy atom. The number of methoxy groups -OCH3 is 2. The first-order chi connectivity index (χ1) is 10.2. The second-order valence-electron chi connectivity index (χ2n) is 4.92. The summed E-state index contributed by atoms with van der Waals surface area (Å²) in [5.74, 6) is 1.88. The average Bonchev–Trinajstić information content (AvgIpc) is 2.54. The van der Waals surface area contributed by atoms with Crippen molar-refractivity contribution in [2.75, 3.05) is 52.8 Å². The van der Waals surface area contributed by atoms with Crippen LogP contribution in [-0.4, -0.2) is 68.5 Å². The van der Waals surface area contributed by atoms with Gasteiger partial charge in [-0.25, -0.2) is 0 Å². The van der Waals surface area contributed by atoms with Gasteiger partial charge in [-0.05, 0) is 12.1 Å². The van der Waals surface area contributed by atoms with E-state index in [-0.39, 0.29) is 5.91 Å². The smallest absolute Gasteiger partial charge is 0.254 e. The van der Waals surface area contributed by atoms with Crippen LogP contribution in [-0.2, 0) is 0 Å². The Morgan fingerprint density at radius 3 is 2.14 bits per heavy atom. The van der Waals surface area contributed by atoms with Gasteiger partial charge in [-0.3, -0.25) is 9.69 Å². The molecule has 0 N–H and O–H groups in total. The Kier molecular flexibility index (Phi) is 5.70. The number of benzene rings is 1. The molecule has 2 rings (SSSR count). The van der Waals surface area contributed by atoms with Gasteiger partial charge >= 0.3 is 0 Å². The van der Waals surface area contributed by atoms with Crippen molar-refractivity contribution in [2.24, 2.45) is 0 Å². The van der Waals surface area contributed by atoms with Crippen molar-refractivity contribution in [3.63, 3.8) is 0 Å². The molecule has 1 aliphatic heterocycles. The zero-order valence-electron chi connectivity index (χ0n) is 12.5. The largest absolute Gasteiger partial charge is 0.497 e. The molecule has 0 saturated carbocycles. The van der Waals surface area contributed by atoms with Crippen LogP contribution in [0, 0.1) is 0 Å². The van der Waals surface area contributed by atoms with Crippen LogP contribution >= 0.6 is 11.6 Å². The fourth-order valence-corrected chi connectivity index (χ4v) is 2.65. The van der Waals surface area contributed by atoms with E-state index in [1.54, 1.807) is 32.4 Å². The van der Waals surface area contributed by atoms with Crippen molar-refractivity contribution in [3.05, 3.63) is 23.8 Å². The highest BCUT2D eigenvalue weighted by molar-refractivity contribution is 6.18. The third-order valence-electron chi connectivity index (χ3n) is 3.66. The molecule has 1 aromatic rings. The van der Waals surface area contributed by atoms with Gasteiger partial charge in [0.15, 0.2) is 0 Å². The summed E-state index contributed by atoms with van der Waals surface area (Å²) in [5, 5.41) is 0. The summed E-state index contributed by atoms with van der Waals surface area (Å²) < 4.78 is 10.4. The summed E-state index contributed by atoms with van der Waals surface area (Å²) in [4.78, 5) is 16.7. The summed E-state index contributed by atoms with van der Waals surface area (Å²) >= 11 is 5.75. The van der Waals surface area contributed by atoms with Gasteiger partial charge in [-0.2, -0.15) is 0 Å². The second kappa shape index (κ2) is 7.52. The lowest BCUT2D eigenvalue weighted by molar-refractivity contribution is 0.0643. The van der Waals surface area contributed by atoms with E-state index in [0.29, 0.717) is 22.9 Å². The Bertz CT molecular complexity index is 466. The fourth-order valence-electron chi connectivity index (χ4n) is 2.41. The Balaban J connectivity index is 2.06. The lowest BCUT2D eigenvalue weighted by atomic mass is 10.1. The van der Waals surface area contributed by atoms with E-state index in [1.807, 2.05) is 4.90 Å². The lowest BCUT2D eigenvalue weighted by Crippen LogP contribution is -2.49. The molecule has 1 aliphatic rings. The highest BCUT2D eigenvalue weighted by atomic mass is 35.5. The van der Waals surface area contributed by atoms with Crippen LogP contribution in [0.4, 0.5) is 0 Å². The normalized spacial score (nSPS) is 15.9. The van der Waals surface area contributed by atoms with Gasteiger partial charge in [-0.15, -0.1) is 11.6 Å². The number of ether oxygens (including phenoxy) is 2. The molecule has 0 radical (unpaired) electrons. The monoisotopic (exact) mass is 312 g/mol. The third kappa shape index (κ3) is 4.02. The first-order valence-corrected chi connectivity index (χ1v) is 7.52. The number of piperazine rings is 1. The van der Waals surface area contributed by atoms with E-state index >= 15 is 0 Å². The molecule has 1 fully saturated rings. The molecule has 21 heavy (non-hydrogen) atoms. The molecular formula is C15H21ClN2O3. The summed E-state index contributed by atoms with van der Waals surface area (Å²) in [7, 11) is 3.15. The van der Waals surface area contributed by atoms with Crippen molar-refractivity contribution in [3.8, 4) is 11.5 Å². The quantitative estimate of drug-likeness (QED) is 0.776. The topological polar surface area (TPSA) is 42.0 Å². The van der Waals surface area contributed by atoms with Gasteiger partial charge in [0.1, 0.15) is 11.5 Å². The number of hydrogen-bond acceptors (Lipinski definition) is 4. The minimum absolute atomic E-state index is 0.0118. The number of hydrogen-bond donors (Lipinski definition) is 0. The van der Waals surface area contributed by atoms with Crippen LogP contribution in [0.2, 0.25) is 0 Å². The highest BCUT2D eigenvalue weighted by Crippen LogP contribution is 2.23. The Labute approximate surface area is 130 Å². The van der Waals surface area contributed by atoms with Crippen LogP contribution < -0.4 is 9.47 Å². The van der Waals surface area contributed by atoms with Crippen molar-refractivity contribution in [1.82, 2.24) is 9.80 Å². The standard InChI is InChI=1S/C15H21ClN2O3/c1-20-13-9-12(10-14(11-13)21-2)15(19)18-7-5-17(4-3-16)6-8-18/h9-11H,3-8H2,1-2H3. The van der Waals surface area contributed by atoms with Gasteiger partial charge in [0.05, 0.1) is 14.2 Å². The van der Waals surface area contributed by atoms with E-state index < -0.39 is 0 Å². The molecule has 116 valence electrons.